The van der Waals surface area contributed by atoms with E-state index < -0.39 is 0 Å². The highest BCUT2D eigenvalue weighted by Crippen LogP contribution is 2.52. The Hall–Kier alpha value is -0.0800. The Balaban J connectivity index is 2.02. The zero-order valence-corrected chi connectivity index (χ0v) is 14.1. The van der Waals surface area contributed by atoms with E-state index in [1.54, 1.807) is 0 Å². The van der Waals surface area contributed by atoms with Gasteiger partial charge in [-0.1, -0.05) is 40.0 Å². The molecule has 2 saturated carbocycles. The summed E-state index contributed by atoms with van der Waals surface area (Å²) < 4.78 is 0. The molecule has 0 bridgehead atoms. The first-order valence-corrected chi connectivity index (χ1v) is 9.05. The molecule has 2 aliphatic rings. The lowest BCUT2D eigenvalue weighted by molar-refractivity contribution is 0.00865. The number of likely N-dealkylation sites (N-methyl/N-ethyl adjacent to an activating group) is 1. The number of hydrogen-bond donors (Lipinski definition) is 1. The van der Waals surface area contributed by atoms with Crippen molar-refractivity contribution in [3.8, 4) is 0 Å². The Bertz CT molecular complexity index is 284. The summed E-state index contributed by atoms with van der Waals surface area (Å²) in [6, 6.07) is 0. The molecule has 2 aliphatic carbocycles. The van der Waals surface area contributed by atoms with Crippen molar-refractivity contribution in [1.29, 1.82) is 0 Å². The summed E-state index contributed by atoms with van der Waals surface area (Å²) in [6.07, 6.45) is 12.8. The molecule has 0 aromatic rings. The van der Waals surface area contributed by atoms with E-state index in [0.717, 1.165) is 19.0 Å². The minimum Gasteiger partial charge on any atom is -0.329 e. The highest BCUT2D eigenvalue weighted by Gasteiger charge is 2.45. The van der Waals surface area contributed by atoms with Gasteiger partial charge in [-0.05, 0) is 56.4 Å². The van der Waals surface area contributed by atoms with Crippen molar-refractivity contribution < 1.29 is 0 Å². The van der Waals surface area contributed by atoms with Crippen molar-refractivity contribution in [3.05, 3.63) is 0 Å². The molecule has 2 fully saturated rings. The summed E-state index contributed by atoms with van der Waals surface area (Å²) in [5.41, 5.74) is 7.31. The number of hydrogen-bond acceptors (Lipinski definition) is 2. The van der Waals surface area contributed by atoms with Crippen molar-refractivity contribution in [2.45, 2.75) is 84.1 Å². The Morgan fingerprint density at radius 2 is 1.60 bits per heavy atom. The van der Waals surface area contributed by atoms with Gasteiger partial charge in [0.05, 0.1) is 0 Å². The van der Waals surface area contributed by atoms with Crippen molar-refractivity contribution in [2.75, 3.05) is 19.6 Å². The Kier molecular flexibility index (Phi) is 5.53. The average Bonchev–Trinajstić information content (AvgIpc) is 2.94. The molecule has 20 heavy (non-hydrogen) atoms. The Morgan fingerprint density at radius 3 is 2.05 bits per heavy atom. The van der Waals surface area contributed by atoms with E-state index in [2.05, 4.69) is 25.7 Å². The highest BCUT2D eigenvalue weighted by molar-refractivity contribution is 5.01. The van der Waals surface area contributed by atoms with Crippen LogP contribution in [0.25, 0.3) is 0 Å². The minimum atomic E-state index is 0.312. The van der Waals surface area contributed by atoms with Crippen LogP contribution in [0.2, 0.25) is 0 Å². The fraction of sp³-hybridized carbons (Fsp3) is 1.00. The van der Waals surface area contributed by atoms with E-state index in [4.69, 9.17) is 5.73 Å². The summed E-state index contributed by atoms with van der Waals surface area (Å²) in [4.78, 5) is 2.73. The van der Waals surface area contributed by atoms with Crippen molar-refractivity contribution in [1.82, 2.24) is 4.90 Å². The fourth-order valence-electron chi connectivity index (χ4n) is 4.68. The molecule has 2 heteroatoms. The fourth-order valence-corrected chi connectivity index (χ4v) is 4.68. The van der Waals surface area contributed by atoms with E-state index >= 15 is 0 Å². The van der Waals surface area contributed by atoms with Gasteiger partial charge in [0.2, 0.25) is 0 Å². The predicted molar refractivity (Wildman–Crippen MR) is 87.9 cm³/mol. The monoisotopic (exact) mass is 280 g/mol. The minimum absolute atomic E-state index is 0.312. The van der Waals surface area contributed by atoms with Crippen LogP contribution in [0, 0.1) is 11.3 Å². The van der Waals surface area contributed by atoms with Gasteiger partial charge in [-0.3, -0.25) is 4.90 Å². The molecular formula is C18H36N2. The standard InChI is InChI=1S/C18H36N2/c1-4-16(3)14-20(5-2)18(15-19)12-10-17(11-13-18)8-6-7-9-17/h16H,4-15,19H2,1-3H3. The van der Waals surface area contributed by atoms with Crippen LogP contribution in [0.4, 0.5) is 0 Å². The normalized spacial score (nSPS) is 26.2. The molecule has 118 valence electrons. The van der Waals surface area contributed by atoms with Crippen LogP contribution in [0.15, 0.2) is 0 Å². The van der Waals surface area contributed by atoms with Gasteiger partial charge in [-0.25, -0.2) is 0 Å². The summed E-state index contributed by atoms with van der Waals surface area (Å²) in [5, 5.41) is 0. The summed E-state index contributed by atoms with van der Waals surface area (Å²) in [7, 11) is 0. The van der Waals surface area contributed by atoms with E-state index in [1.165, 1.54) is 64.3 Å². The third-order valence-electron chi connectivity index (χ3n) is 6.57. The van der Waals surface area contributed by atoms with Gasteiger partial charge in [0, 0.05) is 18.6 Å². The molecule has 2 rings (SSSR count). The highest BCUT2D eigenvalue weighted by atomic mass is 15.2. The molecular weight excluding hydrogens is 244 g/mol. The average molecular weight is 280 g/mol. The van der Waals surface area contributed by atoms with Gasteiger partial charge in [0.25, 0.3) is 0 Å². The van der Waals surface area contributed by atoms with Crippen LogP contribution < -0.4 is 5.73 Å². The van der Waals surface area contributed by atoms with Gasteiger partial charge in [0.1, 0.15) is 0 Å². The lowest BCUT2D eigenvalue weighted by atomic mass is 9.65. The predicted octanol–water partition coefficient (Wildman–Crippen LogP) is 4.19. The van der Waals surface area contributed by atoms with Crippen LogP contribution >= 0.6 is 0 Å². The van der Waals surface area contributed by atoms with Crippen LogP contribution in [-0.2, 0) is 0 Å². The molecule has 0 aromatic carbocycles. The smallest absolute Gasteiger partial charge is 0.0332 e. The topological polar surface area (TPSA) is 29.3 Å². The van der Waals surface area contributed by atoms with Gasteiger partial charge >= 0.3 is 0 Å². The Morgan fingerprint density at radius 1 is 1.00 bits per heavy atom. The van der Waals surface area contributed by atoms with Crippen molar-refractivity contribution in [2.24, 2.45) is 17.1 Å². The first kappa shape index (κ1) is 16.3. The van der Waals surface area contributed by atoms with Crippen LogP contribution in [0.3, 0.4) is 0 Å². The summed E-state index contributed by atoms with van der Waals surface area (Å²) in [6.45, 7) is 10.3. The van der Waals surface area contributed by atoms with E-state index in [9.17, 15) is 0 Å². The van der Waals surface area contributed by atoms with E-state index in [1.807, 2.05) is 0 Å². The maximum absolute atomic E-state index is 6.28. The first-order chi connectivity index (χ1) is 9.60. The molecule has 2 nitrogen and oxygen atoms in total. The molecule has 0 saturated heterocycles. The largest absolute Gasteiger partial charge is 0.329 e. The molecule has 1 atom stereocenters. The molecule has 2 N–H and O–H groups in total. The quantitative estimate of drug-likeness (QED) is 0.790. The summed E-state index contributed by atoms with van der Waals surface area (Å²) in [5.74, 6) is 0.792. The maximum Gasteiger partial charge on any atom is 0.0332 e. The zero-order chi connectivity index (χ0) is 14.6. The number of nitrogens with two attached hydrogens (primary N) is 1. The molecule has 0 radical (unpaired) electrons. The molecule has 0 aromatic heterocycles. The van der Waals surface area contributed by atoms with E-state index in [-0.39, 0.29) is 0 Å². The zero-order valence-electron chi connectivity index (χ0n) is 14.1. The van der Waals surface area contributed by atoms with Crippen LogP contribution in [-0.4, -0.2) is 30.1 Å². The maximum atomic E-state index is 6.28. The van der Waals surface area contributed by atoms with Gasteiger partial charge in [-0.2, -0.15) is 0 Å². The third kappa shape index (κ3) is 3.22. The second kappa shape index (κ2) is 6.79. The van der Waals surface area contributed by atoms with Crippen LogP contribution in [0.1, 0.15) is 78.6 Å². The van der Waals surface area contributed by atoms with Crippen molar-refractivity contribution >= 4 is 0 Å². The van der Waals surface area contributed by atoms with Crippen molar-refractivity contribution in [3.63, 3.8) is 0 Å². The van der Waals surface area contributed by atoms with Crippen LogP contribution in [0.5, 0.6) is 0 Å². The van der Waals surface area contributed by atoms with Gasteiger partial charge < -0.3 is 5.73 Å². The second-order valence-corrected chi connectivity index (χ2v) is 7.69. The lowest BCUT2D eigenvalue weighted by Crippen LogP contribution is -2.57. The Labute approximate surface area is 126 Å². The van der Waals surface area contributed by atoms with E-state index in [0.29, 0.717) is 11.0 Å². The van der Waals surface area contributed by atoms with Gasteiger partial charge in [-0.15, -0.1) is 0 Å². The number of rotatable bonds is 6. The summed E-state index contributed by atoms with van der Waals surface area (Å²) >= 11 is 0. The first-order valence-electron chi connectivity index (χ1n) is 9.05. The second-order valence-electron chi connectivity index (χ2n) is 7.69. The van der Waals surface area contributed by atoms with Gasteiger partial charge in [0.15, 0.2) is 0 Å². The molecule has 0 heterocycles. The molecule has 1 spiro atoms. The SMILES string of the molecule is CCC(C)CN(CC)C1(CN)CCC2(CCCC2)CC1. The number of nitrogens with zero attached hydrogens (tertiary/aromatic N) is 1. The third-order valence-corrected chi connectivity index (χ3v) is 6.57. The molecule has 0 amide bonds. The molecule has 0 aliphatic heterocycles. The molecule has 1 unspecified atom stereocenters. The lowest BCUT2D eigenvalue weighted by Gasteiger charge is -2.51.